The fourth-order valence-electron chi connectivity index (χ4n) is 2.62. The fourth-order valence-corrected chi connectivity index (χ4v) is 2.89. The van der Waals surface area contributed by atoms with E-state index in [0.29, 0.717) is 18.5 Å². The van der Waals surface area contributed by atoms with Gasteiger partial charge in [0.05, 0.1) is 11.8 Å². The lowest BCUT2D eigenvalue weighted by molar-refractivity contribution is -0.145. The topological polar surface area (TPSA) is 66.4 Å². The third-order valence-electron chi connectivity index (χ3n) is 3.56. The predicted molar refractivity (Wildman–Crippen MR) is 75.8 cm³/mol. The Bertz CT molecular complexity index is 486. The van der Waals surface area contributed by atoms with Crippen LogP contribution in [0.15, 0.2) is 28.7 Å². The molecule has 1 aromatic rings. The second-order valence-corrected chi connectivity index (χ2v) is 6.04. The van der Waals surface area contributed by atoms with Crippen LogP contribution in [-0.2, 0) is 9.59 Å². The van der Waals surface area contributed by atoms with Crippen molar-refractivity contribution in [3.63, 3.8) is 0 Å². The highest BCUT2D eigenvalue weighted by molar-refractivity contribution is 9.10. The summed E-state index contributed by atoms with van der Waals surface area (Å²) in [7, 11) is 0. The molecular weight excluding hydrogens is 310 g/mol. The number of nitrogens with one attached hydrogen (secondary N) is 1. The van der Waals surface area contributed by atoms with E-state index in [1.54, 1.807) is 12.1 Å². The van der Waals surface area contributed by atoms with Crippen LogP contribution in [0.2, 0.25) is 0 Å². The highest BCUT2D eigenvalue weighted by atomic mass is 79.9. The molecule has 5 heteroatoms. The lowest BCUT2D eigenvalue weighted by Crippen LogP contribution is -2.29. The van der Waals surface area contributed by atoms with Crippen molar-refractivity contribution < 1.29 is 14.7 Å². The van der Waals surface area contributed by atoms with Crippen molar-refractivity contribution in [2.75, 3.05) is 5.32 Å². The highest BCUT2D eigenvalue weighted by Crippen LogP contribution is 2.37. The van der Waals surface area contributed by atoms with Crippen molar-refractivity contribution in [2.45, 2.75) is 19.8 Å². The first-order chi connectivity index (χ1) is 8.97. The molecule has 1 saturated carbocycles. The molecule has 102 valence electrons. The summed E-state index contributed by atoms with van der Waals surface area (Å²) in [5, 5.41) is 12.0. The molecule has 0 spiro atoms. The second-order valence-electron chi connectivity index (χ2n) is 5.12. The van der Waals surface area contributed by atoms with E-state index in [1.807, 2.05) is 19.1 Å². The number of carbonyl (C=O) groups excluding carboxylic acids is 1. The van der Waals surface area contributed by atoms with Crippen LogP contribution < -0.4 is 5.32 Å². The first-order valence-corrected chi connectivity index (χ1v) is 7.06. The van der Waals surface area contributed by atoms with Gasteiger partial charge >= 0.3 is 5.97 Å². The Labute approximate surface area is 120 Å². The first-order valence-electron chi connectivity index (χ1n) is 6.26. The molecule has 2 N–H and O–H groups in total. The van der Waals surface area contributed by atoms with Crippen LogP contribution in [0.3, 0.4) is 0 Å². The van der Waals surface area contributed by atoms with Gasteiger partial charge in [-0.25, -0.2) is 0 Å². The average Bonchev–Trinajstić information content (AvgIpc) is 2.74. The third-order valence-corrected chi connectivity index (χ3v) is 4.09. The van der Waals surface area contributed by atoms with Crippen LogP contribution >= 0.6 is 15.9 Å². The maximum absolute atomic E-state index is 12.2. The van der Waals surface area contributed by atoms with Crippen LogP contribution in [0.1, 0.15) is 19.8 Å². The zero-order valence-corrected chi connectivity index (χ0v) is 12.2. The lowest BCUT2D eigenvalue weighted by atomic mass is 9.95. The Kier molecular flexibility index (Phi) is 4.24. The summed E-state index contributed by atoms with van der Waals surface area (Å²) >= 11 is 3.32. The van der Waals surface area contributed by atoms with E-state index in [0.717, 1.165) is 4.47 Å². The highest BCUT2D eigenvalue weighted by Gasteiger charge is 2.41. The van der Waals surface area contributed by atoms with Gasteiger partial charge < -0.3 is 10.4 Å². The number of carboxylic acid groups (broad SMARTS) is 1. The number of carboxylic acids is 1. The summed E-state index contributed by atoms with van der Waals surface area (Å²) in [6, 6.07) is 7.25. The molecule has 0 bridgehead atoms. The van der Waals surface area contributed by atoms with E-state index >= 15 is 0 Å². The monoisotopic (exact) mass is 325 g/mol. The van der Waals surface area contributed by atoms with Gasteiger partial charge in [-0.05, 0) is 43.0 Å². The number of rotatable bonds is 3. The van der Waals surface area contributed by atoms with E-state index in [1.165, 1.54) is 0 Å². The normalized spacial score (nSPS) is 26.1. The average molecular weight is 326 g/mol. The molecular formula is C14H16BrNO3. The number of halogens is 1. The minimum atomic E-state index is -0.875. The molecule has 0 radical (unpaired) electrons. The van der Waals surface area contributed by atoms with E-state index < -0.39 is 17.8 Å². The summed E-state index contributed by atoms with van der Waals surface area (Å²) in [5.74, 6) is -1.79. The van der Waals surface area contributed by atoms with E-state index in [9.17, 15) is 9.59 Å². The molecule has 1 amide bonds. The molecule has 1 aliphatic rings. The Morgan fingerprint density at radius 1 is 1.21 bits per heavy atom. The van der Waals surface area contributed by atoms with Crippen molar-refractivity contribution in [3.8, 4) is 0 Å². The van der Waals surface area contributed by atoms with E-state index in [2.05, 4.69) is 21.2 Å². The van der Waals surface area contributed by atoms with Crippen molar-refractivity contribution in [1.82, 2.24) is 0 Å². The predicted octanol–water partition coefficient (Wildman–Crippen LogP) is 3.13. The van der Waals surface area contributed by atoms with Crippen LogP contribution in [0.4, 0.5) is 5.69 Å². The maximum atomic E-state index is 12.2. The molecule has 3 atom stereocenters. The molecule has 2 rings (SSSR count). The van der Waals surface area contributed by atoms with Crippen molar-refractivity contribution in [2.24, 2.45) is 17.8 Å². The van der Waals surface area contributed by atoms with Crippen LogP contribution in [0, 0.1) is 17.8 Å². The standard InChI is InChI=1S/C14H16BrNO3/c1-8-6-11(12(7-8)14(18)19)13(17)16-10-4-2-9(15)3-5-10/h2-5,8,11-12H,6-7H2,1H3,(H,16,17)(H,18,19). The Morgan fingerprint density at radius 3 is 2.37 bits per heavy atom. The third kappa shape index (κ3) is 3.35. The number of aliphatic carboxylic acids is 1. The van der Waals surface area contributed by atoms with Gasteiger partial charge in [-0.3, -0.25) is 9.59 Å². The van der Waals surface area contributed by atoms with Crippen LogP contribution in [0.25, 0.3) is 0 Å². The zero-order valence-electron chi connectivity index (χ0n) is 10.6. The molecule has 19 heavy (non-hydrogen) atoms. The smallest absolute Gasteiger partial charge is 0.307 e. The minimum Gasteiger partial charge on any atom is -0.481 e. The summed E-state index contributed by atoms with van der Waals surface area (Å²) in [4.78, 5) is 23.3. The van der Waals surface area contributed by atoms with Gasteiger partial charge in [-0.1, -0.05) is 22.9 Å². The van der Waals surface area contributed by atoms with Gasteiger partial charge in [0, 0.05) is 10.2 Å². The Balaban J connectivity index is 2.06. The van der Waals surface area contributed by atoms with Crippen LogP contribution in [0.5, 0.6) is 0 Å². The molecule has 4 nitrogen and oxygen atoms in total. The number of hydrogen-bond donors (Lipinski definition) is 2. The van der Waals surface area contributed by atoms with Gasteiger partial charge in [0.15, 0.2) is 0 Å². The number of hydrogen-bond acceptors (Lipinski definition) is 2. The summed E-state index contributed by atoms with van der Waals surface area (Å²) in [6.45, 7) is 1.99. The summed E-state index contributed by atoms with van der Waals surface area (Å²) in [5.41, 5.74) is 0.692. The Hall–Kier alpha value is -1.36. The van der Waals surface area contributed by atoms with Gasteiger partial charge in [0.25, 0.3) is 0 Å². The number of benzene rings is 1. The van der Waals surface area contributed by atoms with E-state index in [4.69, 9.17) is 5.11 Å². The van der Waals surface area contributed by atoms with Crippen molar-refractivity contribution in [3.05, 3.63) is 28.7 Å². The molecule has 1 aliphatic carbocycles. The number of amides is 1. The molecule has 1 aromatic carbocycles. The van der Waals surface area contributed by atoms with Crippen LogP contribution in [-0.4, -0.2) is 17.0 Å². The molecule has 1 fully saturated rings. The quantitative estimate of drug-likeness (QED) is 0.897. The van der Waals surface area contributed by atoms with Gasteiger partial charge in [0.2, 0.25) is 5.91 Å². The van der Waals surface area contributed by atoms with Gasteiger partial charge in [-0.2, -0.15) is 0 Å². The fraction of sp³-hybridized carbons (Fsp3) is 0.429. The van der Waals surface area contributed by atoms with Crippen molar-refractivity contribution >= 4 is 33.5 Å². The molecule has 0 aromatic heterocycles. The largest absolute Gasteiger partial charge is 0.481 e. The first kappa shape index (κ1) is 14.1. The minimum absolute atomic E-state index is 0.195. The number of carbonyl (C=O) groups is 2. The summed E-state index contributed by atoms with van der Waals surface area (Å²) < 4.78 is 0.934. The van der Waals surface area contributed by atoms with Gasteiger partial charge in [0.1, 0.15) is 0 Å². The Morgan fingerprint density at radius 2 is 1.79 bits per heavy atom. The maximum Gasteiger partial charge on any atom is 0.307 e. The van der Waals surface area contributed by atoms with Gasteiger partial charge in [-0.15, -0.1) is 0 Å². The number of anilines is 1. The SMILES string of the molecule is CC1CC(C(=O)O)C(C(=O)Nc2ccc(Br)cc2)C1. The molecule has 0 saturated heterocycles. The summed E-state index contributed by atoms with van der Waals surface area (Å²) in [6.07, 6.45) is 1.22. The molecule has 3 unspecified atom stereocenters. The zero-order chi connectivity index (χ0) is 14.0. The molecule has 0 heterocycles. The lowest BCUT2D eigenvalue weighted by Gasteiger charge is -2.15. The second kappa shape index (κ2) is 5.74. The van der Waals surface area contributed by atoms with Crippen molar-refractivity contribution in [1.29, 1.82) is 0 Å². The van der Waals surface area contributed by atoms with E-state index in [-0.39, 0.29) is 11.8 Å². The molecule has 0 aliphatic heterocycles.